The Morgan fingerprint density at radius 3 is 2.79 bits per heavy atom. The van der Waals surface area contributed by atoms with E-state index in [9.17, 15) is 10.2 Å². The number of aromatic nitrogens is 6. The number of nitrogens with zero attached hydrogens (tertiary/aromatic N) is 6. The van der Waals surface area contributed by atoms with Gasteiger partial charge < -0.3 is 25.4 Å². The van der Waals surface area contributed by atoms with E-state index in [0.717, 1.165) is 0 Å². The minimum Gasteiger partial charge on any atom is -0.394 e. The van der Waals surface area contributed by atoms with Gasteiger partial charge in [-0.15, -0.1) is 0 Å². The van der Waals surface area contributed by atoms with E-state index in [1.807, 2.05) is 11.5 Å². The van der Waals surface area contributed by atoms with Crippen molar-refractivity contribution in [2.75, 3.05) is 18.9 Å². The summed E-state index contributed by atoms with van der Waals surface area (Å²) in [6.45, 7) is 6.23. The fourth-order valence-electron chi connectivity index (χ4n) is 3.60. The number of anilines is 1. The number of fused-ring (bicyclic) bond motifs is 1. The maximum Gasteiger partial charge on any atom is 0.254 e. The Kier molecular flexibility index (Phi) is 5.21. The lowest BCUT2D eigenvalue weighted by atomic mass is 9.93. The number of nitrogen functional groups attached to an aromatic ring is 1. The Balaban J connectivity index is 1.73. The van der Waals surface area contributed by atoms with Crippen LogP contribution in [0.25, 0.3) is 17.1 Å². The zero-order chi connectivity index (χ0) is 20.7. The summed E-state index contributed by atoms with van der Waals surface area (Å²) >= 11 is 0. The minimum atomic E-state index is -1.08. The fourth-order valence-corrected chi connectivity index (χ4v) is 3.60. The maximum absolute atomic E-state index is 9.97. The summed E-state index contributed by atoms with van der Waals surface area (Å²) in [5.41, 5.74) is 7.57. The van der Waals surface area contributed by atoms with Crippen molar-refractivity contribution in [2.24, 2.45) is 11.8 Å². The van der Waals surface area contributed by atoms with Gasteiger partial charge in [-0.2, -0.15) is 15.1 Å². The van der Waals surface area contributed by atoms with E-state index in [2.05, 4.69) is 27.0 Å². The molecule has 3 aromatic heterocycles. The molecule has 0 radical (unpaired) electrons. The molecule has 4 heterocycles. The molecule has 5 atom stereocenters. The largest absolute Gasteiger partial charge is 0.394 e. The highest BCUT2D eigenvalue weighted by Crippen LogP contribution is 2.40. The molecular formula is C18H25N7O4. The smallest absolute Gasteiger partial charge is 0.254 e. The Morgan fingerprint density at radius 1 is 1.31 bits per heavy atom. The van der Waals surface area contributed by atoms with Crippen LogP contribution in [0, 0.1) is 11.8 Å². The van der Waals surface area contributed by atoms with E-state index in [-0.39, 0.29) is 42.5 Å². The molecule has 29 heavy (non-hydrogen) atoms. The van der Waals surface area contributed by atoms with Crippen LogP contribution in [0.5, 0.6) is 0 Å². The summed E-state index contributed by atoms with van der Waals surface area (Å²) in [5, 5.41) is 23.7. The highest BCUT2D eigenvalue weighted by atomic mass is 16.6. The number of aliphatic hydroxyl groups is 2. The zero-order valence-corrected chi connectivity index (χ0v) is 16.5. The molecular weight excluding hydrogens is 378 g/mol. The maximum atomic E-state index is 9.97. The van der Waals surface area contributed by atoms with E-state index in [0.29, 0.717) is 23.3 Å². The molecule has 1 unspecified atom stereocenters. The lowest BCUT2D eigenvalue weighted by Crippen LogP contribution is -2.19. The second kappa shape index (κ2) is 7.67. The highest BCUT2D eigenvalue weighted by molar-refractivity contribution is 5.82. The number of hydrogen-bond acceptors (Lipinski definition) is 9. The molecule has 4 rings (SSSR count). The predicted octanol–water partition coefficient (Wildman–Crippen LogP) is 0.783. The Hall–Kier alpha value is -2.60. The van der Waals surface area contributed by atoms with Gasteiger partial charge in [0, 0.05) is 24.3 Å². The van der Waals surface area contributed by atoms with Gasteiger partial charge in [-0.1, -0.05) is 13.8 Å². The molecule has 156 valence electrons. The van der Waals surface area contributed by atoms with Crippen LogP contribution in [0.4, 0.5) is 5.82 Å². The first kappa shape index (κ1) is 19.7. The molecule has 0 aromatic carbocycles. The number of nitrogens with two attached hydrogens (primary N) is 1. The Labute approximate surface area is 167 Å². The molecule has 1 aliphatic rings. The number of imidazole rings is 1. The molecule has 0 bridgehead atoms. The van der Waals surface area contributed by atoms with E-state index in [4.69, 9.17) is 15.2 Å². The van der Waals surface area contributed by atoms with Crippen molar-refractivity contribution in [1.82, 2.24) is 29.3 Å². The summed E-state index contributed by atoms with van der Waals surface area (Å²) in [6.07, 6.45) is 3.03. The lowest BCUT2D eigenvalue weighted by molar-refractivity contribution is -0.0979. The first-order chi connectivity index (χ1) is 13.9. The summed E-state index contributed by atoms with van der Waals surface area (Å²) < 4.78 is 14.4. The third kappa shape index (κ3) is 3.35. The topological polar surface area (TPSA) is 146 Å². The molecule has 0 saturated carbocycles. The summed E-state index contributed by atoms with van der Waals surface area (Å²) in [5.74, 6) is 0.768. The van der Waals surface area contributed by atoms with Crippen molar-refractivity contribution in [3.63, 3.8) is 0 Å². The molecule has 11 heteroatoms. The van der Waals surface area contributed by atoms with E-state index in [1.165, 1.54) is 10.9 Å². The molecule has 3 aromatic rings. The van der Waals surface area contributed by atoms with Crippen LogP contribution >= 0.6 is 0 Å². The van der Waals surface area contributed by atoms with E-state index >= 15 is 0 Å². The minimum absolute atomic E-state index is 0.0464. The Morgan fingerprint density at radius 2 is 2.10 bits per heavy atom. The number of aliphatic hydroxyl groups excluding tert-OH is 2. The molecule has 0 spiro atoms. The monoisotopic (exact) mass is 403 g/mol. The zero-order valence-electron chi connectivity index (χ0n) is 16.5. The first-order valence-corrected chi connectivity index (χ1v) is 9.55. The second-order valence-corrected chi connectivity index (χ2v) is 7.22. The van der Waals surface area contributed by atoms with Gasteiger partial charge in [-0.05, 0) is 12.8 Å². The first-order valence-electron chi connectivity index (χ1n) is 9.55. The van der Waals surface area contributed by atoms with Crippen LogP contribution in [0.2, 0.25) is 0 Å². The van der Waals surface area contributed by atoms with Gasteiger partial charge in [0.25, 0.3) is 5.95 Å². The molecule has 1 saturated heterocycles. The SMILES string of the molecule is CCOC(O)c1cnn(-c2nc(N)c3ncn([C@@H]4O[C@H](CO)[C@@H](C)[C@H]4C)c3n2)c1. The second-order valence-electron chi connectivity index (χ2n) is 7.22. The van der Waals surface area contributed by atoms with Crippen LogP contribution in [-0.2, 0) is 9.47 Å². The van der Waals surface area contributed by atoms with Crippen molar-refractivity contribution in [2.45, 2.75) is 39.4 Å². The van der Waals surface area contributed by atoms with E-state index < -0.39 is 6.29 Å². The number of rotatable bonds is 6. The van der Waals surface area contributed by atoms with Gasteiger partial charge in [-0.3, -0.25) is 4.57 Å². The molecule has 1 fully saturated rings. The molecule has 1 aliphatic heterocycles. The quantitative estimate of drug-likeness (QED) is 0.508. The summed E-state index contributed by atoms with van der Waals surface area (Å²) in [4.78, 5) is 13.2. The van der Waals surface area contributed by atoms with Crippen molar-refractivity contribution < 1.29 is 19.7 Å². The van der Waals surface area contributed by atoms with Gasteiger partial charge in [0.05, 0.1) is 25.2 Å². The van der Waals surface area contributed by atoms with Crippen molar-refractivity contribution >= 4 is 17.0 Å². The van der Waals surface area contributed by atoms with Crippen molar-refractivity contribution in [3.8, 4) is 5.95 Å². The van der Waals surface area contributed by atoms with Gasteiger partial charge in [0.2, 0.25) is 0 Å². The normalized spacial score (nSPS) is 25.7. The average molecular weight is 403 g/mol. The van der Waals surface area contributed by atoms with Crippen molar-refractivity contribution in [1.29, 1.82) is 0 Å². The molecule has 0 amide bonds. The van der Waals surface area contributed by atoms with Gasteiger partial charge >= 0.3 is 0 Å². The Bertz CT molecular complexity index is 1000. The van der Waals surface area contributed by atoms with Gasteiger partial charge in [-0.25, -0.2) is 9.67 Å². The lowest BCUT2D eigenvalue weighted by Gasteiger charge is -2.18. The van der Waals surface area contributed by atoms with Crippen LogP contribution in [0.15, 0.2) is 18.7 Å². The highest BCUT2D eigenvalue weighted by Gasteiger charge is 2.40. The van der Waals surface area contributed by atoms with Crippen LogP contribution in [0.1, 0.15) is 38.9 Å². The molecule has 4 N–H and O–H groups in total. The third-order valence-corrected chi connectivity index (χ3v) is 5.49. The molecule has 0 aliphatic carbocycles. The third-order valence-electron chi connectivity index (χ3n) is 5.49. The van der Waals surface area contributed by atoms with Gasteiger partial charge in [0.1, 0.15) is 11.7 Å². The number of ether oxygens (including phenoxy) is 2. The predicted molar refractivity (Wildman–Crippen MR) is 103 cm³/mol. The van der Waals surface area contributed by atoms with Gasteiger partial charge in [0.15, 0.2) is 17.8 Å². The summed E-state index contributed by atoms with van der Waals surface area (Å²) in [7, 11) is 0. The number of hydrogen-bond donors (Lipinski definition) is 3. The average Bonchev–Trinajstić information content (AvgIpc) is 3.41. The van der Waals surface area contributed by atoms with Crippen LogP contribution in [-0.4, -0.2) is 58.8 Å². The molecule has 11 nitrogen and oxygen atoms in total. The van der Waals surface area contributed by atoms with Crippen LogP contribution in [0.3, 0.4) is 0 Å². The van der Waals surface area contributed by atoms with E-state index in [1.54, 1.807) is 19.4 Å². The van der Waals surface area contributed by atoms with Crippen molar-refractivity contribution in [3.05, 3.63) is 24.3 Å². The summed E-state index contributed by atoms with van der Waals surface area (Å²) in [6, 6.07) is 0. The fraction of sp³-hybridized carbons (Fsp3) is 0.556. The van der Waals surface area contributed by atoms with Crippen LogP contribution < -0.4 is 5.73 Å². The standard InChI is InChI=1S/C18H25N7O4/c1-4-28-17(27)11-5-21-25(6-11)18-22-14(19)13-15(23-18)24(8-20-13)16-10(3)9(2)12(7-26)29-16/h5-6,8-10,12,16-17,26-27H,4,7H2,1-3H3,(H2,19,22,23)/t9-,10+,12+,16+,17?/m0/s1.